The number of amidine groups is 1. The first-order chi connectivity index (χ1) is 15.0. The quantitative estimate of drug-likeness (QED) is 0.178. The van der Waals surface area contributed by atoms with Crippen LogP contribution in [0.25, 0.3) is 0 Å². The summed E-state index contributed by atoms with van der Waals surface area (Å²) < 4.78 is 7.80. The van der Waals surface area contributed by atoms with E-state index in [1.54, 1.807) is 30.6 Å². The van der Waals surface area contributed by atoms with E-state index >= 15 is 0 Å². The average Bonchev–Trinajstić information content (AvgIpc) is 3.07. The van der Waals surface area contributed by atoms with Gasteiger partial charge in [-0.1, -0.05) is 29.4 Å². The van der Waals surface area contributed by atoms with Gasteiger partial charge in [-0.2, -0.15) is 0 Å². The van der Waals surface area contributed by atoms with Gasteiger partial charge in [-0.25, -0.2) is 0 Å². The predicted octanol–water partition coefficient (Wildman–Crippen LogP) is 3.78. The third-order valence-corrected chi connectivity index (χ3v) is 4.80. The second-order valence-electron chi connectivity index (χ2n) is 7.04. The fourth-order valence-electron chi connectivity index (χ4n) is 3.18. The van der Waals surface area contributed by atoms with Crippen molar-refractivity contribution in [2.24, 2.45) is 10.9 Å². The van der Waals surface area contributed by atoms with Crippen LogP contribution in [-0.4, -0.2) is 27.8 Å². The van der Waals surface area contributed by atoms with Gasteiger partial charge in [0.15, 0.2) is 12.4 Å². The fourth-order valence-corrected chi connectivity index (χ4v) is 3.18. The molecule has 0 aliphatic heterocycles. The molecule has 31 heavy (non-hydrogen) atoms. The van der Waals surface area contributed by atoms with Gasteiger partial charge >= 0.3 is 0 Å². The highest BCUT2D eigenvalue weighted by Gasteiger charge is 2.15. The molecular formula is C24H26N4O3. The summed E-state index contributed by atoms with van der Waals surface area (Å²) in [6.07, 6.45) is 5.26. The Kier molecular flexibility index (Phi) is 7.22. The number of aryl methyl sites for hydroxylation is 1. The fraction of sp³-hybridized carbons (Fsp3) is 0.208. The number of nitrogens with zero attached hydrogens (tertiary/aromatic N) is 3. The molecule has 3 rings (SSSR count). The lowest BCUT2D eigenvalue weighted by Gasteiger charge is -2.08. The lowest BCUT2D eigenvalue weighted by atomic mass is 10.1. The van der Waals surface area contributed by atoms with Crippen molar-refractivity contribution in [3.05, 3.63) is 95.6 Å². The highest BCUT2D eigenvalue weighted by Crippen LogP contribution is 2.17. The van der Waals surface area contributed by atoms with Crippen molar-refractivity contribution < 1.29 is 14.4 Å². The van der Waals surface area contributed by atoms with Crippen molar-refractivity contribution in [2.45, 2.75) is 27.0 Å². The summed E-state index contributed by atoms with van der Waals surface area (Å²) in [7, 11) is 0. The van der Waals surface area contributed by atoms with E-state index in [2.05, 4.69) is 16.7 Å². The van der Waals surface area contributed by atoms with E-state index < -0.39 is 0 Å². The smallest absolute Gasteiger partial charge is 0.204 e. The number of hydrogen-bond acceptors (Lipinski definition) is 5. The Labute approximate surface area is 181 Å². The van der Waals surface area contributed by atoms with Crippen LogP contribution in [0.3, 0.4) is 0 Å². The predicted molar refractivity (Wildman–Crippen MR) is 120 cm³/mol. The third kappa shape index (κ3) is 5.60. The monoisotopic (exact) mass is 418 g/mol. The van der Waals surface area contributed by atoms with Crippen molar-refractivity contribution in [2.75, 3.05) is 6.61 Å². The molecule has 2 heterocycles. The molecular weight excluding hydrogens is 392 g/mol. The molecule has 0 spiro atoms. The summed E-state index contributed by atoms with van der Waals surface area (Å²) >= 11 is 0. The summed E-state index contributed by atoms with van der Waals surface area (Å²) in [5.41, 5.74) is 10.1. The van der Waals surface area contributed by atoms with E-state index in [1.807, 2.05) is 48.7 Å². The lowest BCUT2D eigenvalue weighted by molar-refractivity contribution is 0.0775. The van der Waals surface area contributed by atoms with Gasteiger partial charge in [0.05, 0.1) is 0 Å². The van der Waals surface area contributed by atoms with Crippen molar-refractivity contribution in [3.8, 4) is 5.75 Å². The molecule has 0 bridgehead atoms. The van der Waals surface area contributed by atoms with Crippen LogP contribution >= 0.6 is 0 Å². The van der Waals surface area contributed by atoms with E-state index in [1.165, 1.54) is 0 Å². The highest BCUT2D eigenvalue weighted by atomic mass is 16.6. The van der Waals surface area contributed by atoms with Gasteiger partial charge in [-0.3, -0.25) is 9.78 Å². The van der Waals surface area contributed by atoms with Crippen LogP contribution in [0.5, 0.6) is 5.75 Å². The summed E-state index contributed by atoms with van der Waals surface area (Å²) in [6, 6.07) is 12.8. The maximum absolute atomic E-state index is 12.5. The van der Waals surface area contributed by atoms with Crippen molar-refractivity contribution >= 4 is 11.6 Å². The van der Waals surface area contributed by atoms with Crippen LogP contribution in [0.15, 0.2) is 72.7 Å². The topological polar surface area (TPSA) is 91.7 Å². The van der Waals surface area contributed by atoms with Crippen molar-refractivity contribution in [1.29, 1.82) is 0 Å². The molecule has 0 amide bonds. The molecule has 0 aliphatic carbocycles. The number of allylic oxidation sites excluding steroid dienone is 1. The first-order valence-corrected chi connectivity index (χ1v) is 9.88. The molecule has 7 nitrogen and oxygen atoms in total. The standard InChI is InChI=1S/C24H26N4O3/c1-4-11-28-17(2)12-22(18(28)3)23(29)16-31-27-24(25)20-8-5-9-21(13-20)30-15-19-7-6-10-26-14-19/h4-10,12-14H,1,11,15-16H2,2-3H3,(H2,25,27). The molecule has 0 radical (unpaired) electrons. The number of ketones is 1. The average molecular weight is 418 g/mol. The minimum absolute atomic E-state index is 0.159. The molecule has 160 valence electrons. The molecule has 7 heteroatoms. The zero-order chi connectivity index (χ0) is 22.2. The Bertz CT molecular complexity index is 1090. The molecule has 0 unspecified atom stereocenters. The Morgan fingerprint density at radius 3 is 2.84 bits per heavy atom. The Morgan fingerprint density at radius 2 is 2.10 bits per heavy atom. The number of rotatable bonds is 10. The number of nitrogens with two attached hydrogens (primary N) is 1. The Morgan fingerprint density at radius 1 is 1.26 bits per heavy atom. The zero-order valence-corrected chi connectivity index (χ0v) is 17.7. The molecule has 3 aromatic rings. The van der Waals surface area contributed by atoms with Crippen LogP contribution in [0.1, 0.15) is 32.9 Å². The SMILES string of the molecule is C=CCn1c(C)cc(C(=O)CO/N=C(/N)c2cccc(OCc3cccnc3)c2)c1C. The number of ether oxygens (including phenoxy) is 1. The number of carbonyl (C=O) groups is 1. The molecule has 0 saturated carbocycles. The van der Waals surface area contributed by atoms with Gasteiger partial charge in [-0.05, 0) is 38.1 Å². The van der Waals surface area contributed by atoms with Crippen molar-refractivity contribution in [1.82, 2.24) is 9.55 Å². The van der Waals surface area contributed by atoms with Crippen LogP contribution in [-0.2, 0) is 18.0 Å². The number of pyridine rings is 1. The largest absolute Gasteiger partial charge is 0.489 e. The number of Topliss-reactive ketones (excluding diaryl/α,β-unsaturated/α-hetero) is 1. The maximum atomic E-state index is 12.5. The number of carbonyl (C=O) groups excluding carboxylic acids is 1. The molecule has 0 atom stereocenters. The second kappa shape index (κ2) is 10.2. The van der Waals surface area contributed by atoms with E-state index in [0.717, 1.165) is 17.0 Å². The van der Waals surface area contributed by atoms with E-state index in [4.69, 9.17) is 15.3 Å². The first-order valence-electron chi connectivity index (χ1n) is 9.88. The van der Waals surface area contributed by atoms with Gasteiger partial charge in [0.1, 0.15) is 12.4 Å². The van der Waals surface area contributed by atoms with Gasteiger partial charge < -0.3 is 19.9 Å². The first kappa shape index (κ1) is 21.8. The van der Waals surface area contributed by atoms with E-state index in [0.29, 0.717) is 30.0 Å². The number of hydrogen-bond donors (Lipinski definition) is 1. The normalized spacial score (nSPS) is 11.2. The molecule has 2 N–H and O–H groups in total. The Balaban J connectivity index is 1.60. The number of benzene rings is 1. The van der Waals surface area contributed by atoms with Crippen LogP contribution < -0.4 is 10.5 Å². The summed E-state index contributed by atoms with van der Waals surface area (Å²) in [4.78, 5) is 21.8. The molecule has 0 fully saturated rings. The molecule has 0 saturated heterocycles. The number of oxime groups is 1. The van der Waals surface area contributed by atoms with Crippen molar-refractivity contribution in [3.63, 3.8) is 0 Å². The zero-order valence-electron chi connectivity index (χ0n) is 17.7. The van der Waals surface area contributed by atoms with Gasteiger partial charge in [0, 0.05) is 47.0 Å². The van der Waals surface area contributed by atoms with Crippen LogP contribution in [0, 0.1) is 13.8 Å². The minimum Gasteiger partial charge on any atom is -0.489 e. The molecule has 0 aliphatic rings. The third-order valence-electron chi connectivity index (χ3n) is 4.80. The second-order valence-corrected chi connectivity index (χ2v) is 7.04. The van der Waals surface area contributed by atoms with E-state index in [-0.39, 0.29) is 18.2 Å². The Hall–Kier alpha value is -3.87. The summed E-state index contributed by atoms with van der Waals surface area (Å²) in [6.45, 7) is 8.45. The number of aromatic nitrogens is 2. The lowest BCUT2D eigenvalue weighted by Crippen LogP contribution is -2.16. The van der Waals surface area contributed by atoms with Crippen LogP contribution in [0.2, 0.25) is 0 Å². The van der Waals surface area contributed by atoms with Crippen LogP contribution in [0.4, 0.5) is 0 Å². The van der Waals surface area contributed by atoms with Gasteiger partial charge in [-0.15, -0.1) is 6.58 Å². The minimum atomic E-state index is -0.198. The summed E-state index contributed by atoms with van der Waals surface area (Å²) in [5, 5.41) is 3.90. The maximum Gasteiger partial charge on any atom is 0.204 e. The summed E-state index contributed by atoms with van der Waals surface area (Å²) in [5.74, 6) is 0.649. The van der Waals surface area contributed by atoms with Gasteiger partial charge in [0.2, 0.25) is 5.78 Å². The highest BCUT2D eigenvalue weighted by molar-refractivity contribution is 5.99. The van der Waals surface area contributed by atoms with Gasteiger partial charge in [0.25, 0.3) is 0 Å². The molecule has 1 aromatic carbocycles. The van der Waals surface area contributed by atoms with E-state index in [9.17, 15) is 4.79 Å². The molecule has 2 aromatic heterocycles.